The van der Waals surface area contributed by atoms with Gasteiger partial charge in [-0.15, -0.1) is 0 Å². The second-order valence-corrected chi connectivity index (χ2v) is 12.8. The molecule has 2 heterocycles. The third kappa shape index (κ3) is 6.40. The van der Waals surface area contributed by atoms with Crippen LogP contribution in [0.2, 0.25) is 5.82 Å². The van der Waals surface area contributed by atoms with Gasteiger partial charge in [-0.3, -0.25) is 10.1 Å². The largest absolute Gasteiger partial charge is 0.461 e. The van der Waals surface area contributed by atoms with Gasteiger partial charge in [-0.1, -0.05) is 44.2 Å². The van der Waals surface area contributed by atoms with Crippen molar-refractivity contribution in [1.29, 1.82) is 0 Å². The number of hydrogen-bond donors (Lipinski definition) is 2. The molecule has 0 aromatic heterocycles. The van der Waals surface area contributed by atoms with E-state index in [0.717, 1.165) is 37.8 Å². The van der Waals surface area contributed by atoms with E-state index in [9.17, 15) is 18.0 Å². The Morgan fingerprint density at radius 2 is 2.00 bits per heavy atom. The molecule has 0 amide bonds. The van der Waals surface area contributed by atoms with Crippen LogP contribution < -0.4 is 10.6 Å². The lowest BCUT2D eigenvalue weighted by Gasteiger charge is -2.64. The SMILES string of the molecule is CC1(C)[C@H]2C[C@H]3OB([C@@H](CC(=O)[C@H](COC[C@H]4CCCN4)NCC(F)(F)F)Cc4ccccc4)O[C@@]3(C)[C@H]1C2. The molecule has 3 aliphatic carbocycles. The number of ether oxygens (including phenoxy) is 1. The minimum Gasteiger partial charge on any atom is -0.405 e. The molecule has 1 aromatic rings. The smallest absolute Gasteiger partial charge is 0.405 e. The third-order valence-corrected chi connectivity index (χ3v) is 9.86. The Balaban J connectivity index is 1.29. The summed E-state index contributed by atoms with van der Waals surface area (Å²) in [5.41, 5.74) is 0.800. The van der Waals surface area contributed by atoms with E-state index in [-0.39, 0.29) is 42.2 Å². The lowest BCUT2D eigenvalue weighted by molar-refractivity contribution is -0.199. The fourth-order valence-corrected chi connectivity index (χ4v) is 7.42. The summed E-state index contributed by atoms with van der Waals surface area (Å²) in [6.07, 6.45) is 0.179. The van der Waals surface area contributed by atoms with E-state index >= 15 is 0 Å². The van der Waals surface area contributed by atoms with Crippen molar-refractivity contribution >= 4 is 12.9 Å². The molecule has 0 spiro atoms. The molecular formula is C29H42BF3N2O4. The lowest BCUT2D eigenvalue weighted by atomic mass is 9.43. The van der Waals surface area contributed by atoms with Crippen molar-refractivity contribution in [3.05, 3.63) is 35.9 Å². The van der Waals surface area contributed by atoms with E-state index in [4.69, 9.17) is 14.0 Å². The van der Waals surface area contributed by atoms with Gasteiger partial charge in [0.25, 0.3) is 0 Å². The van der Waals surface area contributed by atoms with Crippen LogP contribution in [0.15, 0.2) is 30.3 Å². The molecule has 2 saturated heterocycles. The van der Waals surface area contributed by atoms with Crippen LogP contribution in [0.3, 0.4) is 0 Å². The first kappa shape index (κ1) is 29.1. The summed E-state index contributed by atoms with van der Waals surface area (Å²) < 4.78 is 58.3. The molecule has 5 fully saturated rings. The van der Waals surface area contributed by atoms with E-state index in [0.29, 0.717) is 24.9 Å². The molecule has 0 radical (unpaired) electrons. The highest BCUT2D eigenvalue weighted by atomic mass is 19.4. The number of carbonyl (C=O) groups is 1. The van der Waals surface area contributed by atoms with Gasteiger partial charge in [-0.2, -0.15) is 13.2 Å². The molecule has 6 rings (SSSR count). The van der Waals surface area contributed by atoms with Gasteiger partial charge in [-0.25, -0.2) is 0 Å². The van der Waals surface area contributed by atoms with E-state index < -0.39 is 31.5 Å². The standard InChI is InChI=1S/C29H42BF3N2O4/c1-27(2)20-13-25(27)28(3)26(14-20)38-30(39-28)21(12-19-8-5-4-6-9-19)15-24(36)23(35-18-29(31,32)33)17-37-16-22-10-7-11-34-22/h4-6,8-9,20-23,25-26,34-35H,7,10-18H2,1-3H3/t20-,21-,22-,23+,25+,26-,28+/m1/s1. The first-order valence-electron chi connectivity index (χ1n) is 14.5. The molecular weight excluding hydrogens is 508 g/mol. The van der Waals surface area contributed by atoms with Crippen molar-refractivity contribution in [3.8, 4) is 0 Å². The van der Waals surface area contributed by atoms with Crippen molar-refractivity contribution in [2.75, 3.05) is 26.3 Å². The van der Waals surface area contributed by atoms with Crippen molar-refractivity contribution in [2.45, 2.75) is 95.1 Å². The second-order valence-electron chi connectivity index (χ2n) is 12.8. The molecule has 6 nitrogen and oxygen atoms in total. The van der Waals surface area contributed by atoms with Crippen LogP contribution in [0.5, 0.6) is 0 Å². The van der Waals surface area contributed by atoms with Crippen LogP contribution >= 0.6 is 0 Å². The maximum Gasteiger partial charge on any atom is 0.461 e. The second kappa shape index (κ2) is 11.4. The predicted octanol–water partition coefficient (Wildman–Crippen LogP) is 4.58. The maximum absolute atomic E-state index is 13.6. The van der Waals surface area contributed by atoms with Crippen LogP contribution in [0.25, 0.3) is 0 Å². The average Bonchev–Trinajstić information content (AvgIpc) is 3.52. The maximum atomic E-state index is 13.6. The van der Waals surface area contributed by atoms with Gasteiger partial charge < -0.3 is 19.4 Å². The molecule has 3 saturated carbocycles. The van der Waals surface area contributed by atoms with Gasteiger partial charge >= 0.3 is 13.3 Å². The Morgan fingerprint density at radius 3 is 2.67 bits per heavy atom. The number of carbonyl (C=O) groups excluding carboxylic acids is 1. The van der Waals surface area contributed by atoms with Gasteiger partial charge in [0.05, 0.1) is 37.5 Å². The monoisotopic (exact) mass is 550 g/mol. The van der Waals surface area contributed by atoms with Crippen molar-refractivity contribution in [3.63, 3.8) is 0 Å². The van der Waals surface area contributed by atoms with Crippen molar-refractivity contribution < 1.29 is 32.0 Å². The molecule has 0 unspecified atom stereocenters. The van der Waals surface area contributed by atoms with Crippen LogP contribution in [0.1, 0.15) is 58.4 Å². The molecule has 216 valence electrons. The number of alkyl halides is 3. The Labute approximate surface area is 230 Å². The fraction of sp³-hybridized carbons (Fsp3) is 0.759. The first-order chi connectivity index (χ1) is 18.5. The number of Topliss-reactive ketones (excluding diaryl/α,β-unsaturated/α-hetero) is 1. The van der Waals surface area contributed by atoms with E-state index in [1.807, 2.05) is 30.3 Å². The highest BCUT2D eigenvalue weighted by Gasteiger charge is 2.68. The van der Waals surface area contributed by atoms with Gasteiger partial charge in [0, 0.05) is 18.3 Å². The summed E-state index contributed by atoms with van der Waals surface area (Å²) in [5, 5.41) is 5.73. The number of hydrogen-bond acceptors (Lipinski definition) is 6. The summed E-state index contributed by atoms with van der Waals surface area (Å²) in [6.45, 7) is 6.67. The number of rotatable bonds is 12. The zero-order valence-electron chi connectivity index (χ0n) is 23.3. The van der Waals surface area contributed by atoms with Gasteiger partial charge in [0.2, 0.25) is 0 Å². The molecule has 10 heteroatoms. The molecule has 5 aliphatic rings. The number of benzene rings is 1. The Morgan fingerprint density at radius 1 is 1.23 bits per heavy atom. The molecule has 2 aliphatic heterocycles. The van der Waals surface area contributed by atoms with Gasteiger partial charge in [0.15, 0.2) is 5.78 Å². The zero-order valence-corrected chi connectivity index (χ0v) is 23.3. The normalized spacial score (nSPS) is 32.9. The fourth-order valence-electron chi connectivity index (χ4n) is 7.42. The average molecular weight is 550 g/mol. The highest BCUT2D eigenvalue weighted by Crippen LogP contribution is 2.66. The minimum absolute atomic E-state index is 0.0333. The Bertz CT molecular complexity index is 990. The predicted molar refractivity (Wildman–Crippen MR) is 143 cm³/mol. The zero-order chi connectivity index (χ0) is 27.8. The quantitative estimate of drug-likeness (QED) is 0.372. The van der Waals surface area contributed by atoms with E-state index in [1.54, 1.807) is 0 Å². The van der Waals surface area contributed by atoms with E-state index in [1.165, 1.54) is 0 Å². The van der Waals surface area contributed by atoms with Crippen molar-refractivity contribution in [1.82, 2.24) is 10.6 Å². The number of ketones is 1. The van der Waals surface area contributed by atoms with Crippen LogP contribution in [0.4, 0.5) is 13.2 Å². The van der Waals surface area contributed by atoms with Crippen LogP contribution in [-0.2, 0) is 25.3 Å². The highest BCUT2D eigenvalue weighted by molar-refractivity contribution is 6.48. The summed E-state index contributed by atoms with van der Waals surface area (Å²) >= 11 is 0. The molecule has 39 heavy (non-hydrogen) atoms. The summed E-state index contributed by atoms with van der Waals surface area (Å²) in [6, 6.07) is 8.94. The Hall–Kier alpha value is -1.46. The number of nitrogens with one attached hydrogen (secondary N) is 2. The van der Waals surface area contributed by atoms with Crippen LogP contribution in [-0.4, -0.2) is 69.2 Å². The molecule has 1 aromatic carbocycles. The van der Waals surface area contributed by atoms with Gasteiger partial charge in [0.1, 0.15) is 0 Å². The minimum atomic E-state index is -4.43. The summed E-state index contributed by atoms with van der Waals surface area (Å²) in [7, 11) is -0.592. The van der Waals surface area contributed by atoms with Gasteiger partial charge in [-0.05, 0) is 68.4 Å². The van der Waals surface area contributed by atoms with Crippen molar-refractivity contribution in [2.24, 2.45) is 17.3 Å². The molecule has 2 N–H and O–H groups in total. The lowest BCUT2D eigenvalue weighted by Crippen LogP contribution is -2.65. The number of halogens is 3. The Kier molecular flexibility index (Phi) is 8.52. The van der Waals surface area contributed by atoms with Crippen LogP contribution in [0, 0.1) is 17.3 Å². The topological polar surface area (TPSA) is 68.8 Å². The van der Waals surface area contributed by atoms with E-state index in [2.05, 4.69) is 31.4 Å². The summed E-state index contributed by atoms with van der Waals surface area (Å²) in [4.78, 5) is 13.6. The molecule has 7 atom stereocenters. The first-order valence-corrected chi connectivity index (χ1v) is 14.5. The third-order valence-electron chi connectivity index (χ3n) is 9.86. The molecule has 2 bridgehead atoms. The summed E-state index contributed by atoms with van der Waals surface area (Å²) in [5.74, 6) is 0.343.